The highest BCUT2D eigenvalue weighted by atomic mass is 32.2. The Morgan fingerprint density at radius 1 is 1.35 bits per heavy atom. The van der Waals surface area contributed by atoms with Gasteiger partial charge >= 0.3 is 0 Å². The van der Waals surface area contributed by atoms with E-state index < -0.39 is 10.0 Å². The zero-order valence-corrected chi connectivity index (χ0v) is 12.9. The van der Waals surface area contributed by atoms with Gasteiger partial charge in [0.1, 0.15) is 0 Å². The average molecular weight is 297 g/mol. The third kappa shape index (κ3) is 3.71. The van der Waals surface area contributed by atoms with Crippen molar-refractivity contribution in [2.45, 2.75) is 25.9 Å². The number of para-hydroxylation sites is 1. The van der Waals surface area contributed by atoms with Crippen molar-refractivity contribution in [1.82, 2.24) is 4.90 Å². The Morgan fingerprint density at radius 3 is 2.70 bits per heavy atom. The predicted octanol–water partition coefficient (Wildman–Crippen LogP) is 1.01. The number of sulfonamides is 1. The molecule has 1 aromatic rings. The van der Waals surface area contributed by atoms with Crippen molar-refractivity contribution in [3.63, 3.8) is 0 Å². The smallest absolute Gasteiger partial charge is 0.210 e. The van der Waals surface area contributed by atoms with Crippen molar-refractivity contribution in [2.24, 2.45) is 5.14 Å². The van der Waals surface area contributed by atoms with E-state index in [1.54, 1.807) is 0 Å². The number of nitrogens with zero attached hydrogens (tertiary/aromatic N) is 2. The highest BCUT2D eigenvalue weighted by Crippen LogP contribution is 2.26. The molecule has 20 heavy (non-hydrogen) atoms. The molecule has 6 heteroatoms. The quantitative estimate of drug-likeness (QED) is 0.900. The summed E-state index contributed by atoms with van der Waals surface area (Å²) in [5, 5.41) is 5.14. The maximum atomic E-state index is 11.2. The van der Waals surface area contributed by atoms with Crippen LogP contribution in [0.2, 0.25) is 0 Å². The van der Waals surface area contributed by atoms with Crippen molar-refractivity contribution in [3.05, 3.63) is 29.8 Å². The van der Waals surface area contributed by atoms with E-state index >= 15 is 0 Å². The lowest BCUT2D eigenvalue weighted by atomic mass is 10.1. The van der Waals surface area contributed by atoms with E-state index in [1.165, 1.54) is 11.3 Å². The zero-order valence-electron chi connectivity index (χ0n) is 12.1. The van der Waals surface area contributed by atoms with Crippen LogP contribution in [0.1, 0.15) is 18.9 Å². The van der Waals surface area contributed by atoms with Crippen molar-refractivity contribution in [1.29, 1.82) is 0 Å². The van der Waals surface area contributed by atoms with Crippen LogP contribution in [0, 0.1) is 0 Å². The summed E-state index contributed by atoms with van der Waals surface area (Å²) in [6, 6.07) is 8.63. The Hall–Kier alpha value is -1.11. The van der Waals surface area contributed by atoms with Crippen LogP contribution in [0.25, 0.3) is 0 Å². The molecule has 5 nitrogen and oxygen atoms in total. The van der Waals surface area contributed by atoms with E-state index in [4.69, 9.17) is 5.14 Å². The molecule has 112 valence electrons. The standard InChI is InChI=1S/C14H23N3O2S/c1-3-13-11-16(2)14-7-5-4-6-12(14)10-17(13)8-9-20(15,18)19/h4-7,13H,3,8-11H2,1-2H3,(H2,15,18,19). The van der Waals surface area contributed by atoms with Gasteiger partial charge in [-0.25, -0.2) is 13.6 Å². The fourth-order valence-electron chi connectivity index (χ4n) is 2.79. The molecule has 0 amide bonds. The molecule has 0 fully saturated rings. The molecule has 0 bridgehead atoms. The fourth-order valence-corrected chi connectivity index (χ4v) is 3.28. The number of primary sulfonamides is 1. The van der Waals surface area contributed by atoms with E-state index in [1.807, 2.05) is 12.1 Å². The number of anilines is 1. The van der Waals surface area contributed by atoms with E-state index in [2.05, 4.69) is 35.9 Å². The number of fused-ring (bicyclic) bond motifs is 1. The molecule has 1 atom stereocenters. The van der Waals surface area contributed by atoms with Crippen LogP contribution in [0.4, 0.5) is 5.69 Å². The third-order valence-electron chi connectivity index (χ3n) is 3.91. The van der Waals surface area contributed by atoms with Crippen LogP contribution in [0.5, 0.6) is 0 Å². The number of rotatable bonds is 4. The lowest BCUT2D eigenvalue weighted by Crippen LogP contribution is -2.42. The summed E-state index contributed by atoms with van der Waals surface area (Å²) in [5.74, 6) is 0.00931. The molecule has 0 spiro atoms. The van der Waals surface area contributed by atoms with E-state index in [0.29, 0.717) is 12.6 Å². The van der Waals surface area contributed by atoms with Crippen LogP contribution in [-0.2, 0) is 16.6 Å². The fraction of sp³-hybridized carbons (Fsp3) is 0.571. The maximum absolute atomic E-state index is 11.2. The first-order chi connectivity index (χ1) is 9.40. The molecule has 0 saturated heterocycles. The topological polar surface area (TPSA) is 66.6 Å². The van der Waals surface area contributed by atoms with Gasteiger partial charge in [0.15, 0.2) is 0 Å². The second-order valence-corrected chi connectivity index (χ2v) is 7.14. The summed E-state index contributed by atoms with van der Waals surface area (Å²) in [6.07, 6.45) is 0.989. The number of hydrogen-bond donors (Lipinski definition) is 1. The summed E-state index contributed by atoms with van der Waals surface area (Å²) in [7, 11) is -1.33. The molecule has 0 saturated carbocycles. The Kier molecular flexibility index (Phi) is 4.67. The van der Waals surface area contributed by atoms with E-state index in [9.17, 15) is 8.42 Å². The molecular weight excluding hydrogens is 274 g/mol. The summed E-state index contributed by atoms with van der Waals surface area (Å²) < 4.78 is 22.4. The van der Waals surface area contributed by atoms with Crippen LogP contribution >= 0.6 is 0 Å². The number of nitrogens with two attached hydrogens (primary N) is 1. The van der Waals surface area contributed by atoms with E-state index in [0.717, 1.165) is 19.5 Å². The second-order valence-electron chi connectivity index (χ2n) is 5.41. The van der Waals surface area contributed by atoms with Gasteiger partial charge in [0, 0.05) is 38.4 Å². The van der Waals surface area contributed by atoms with Gasteiger partial charge in [-0.2, -0.15) is 0 Å². The molecule has 0 radical (unpaired) electrons. The predicted molar refractivity (Wildman–Crippen MR) is 82.2 cm³/mol. The molecule has 2 rings (SSSR count). The summed E-state index contributed by atoms with van der Waals surface area (Å²) in [5.41, 5.74) is 2.46. The summed E-state index contributed by atoms with van der Waals surface area (Å²) in [4.78, 5) is 4.48. The van der Waals surface area contributed by atoms with Gasteiger partial charge in [0.25, 0.3) is 0 Å². The summed E-state index contributed by atoms with van der Waals surface area (Å²) >= 11 is 0. The molecule has 0 aliphatic carbocycles. The Balaban J connectivity index is 2.22. The molecule has 0 aromatic heterocycles. The monoisotopic (exact) mass is 297 g/mol. The zero-order chi connectivity index (χ0) is 14.8. The van der Waals surface area contributed by atoms with Gasteiger partial charge in [-0.05, 0) is 18.1 Å². The SMILES string of the molecule is CCC1CN(C)c2ccccc2CN1CCS(N)(=O)=O. The average Bonchev–Trinajstić information content (AvgIpc) is 2.53. The molecule has 1 unspecified atom stereocenters. The number of benzene rings is 1. The van der Waals surface area contributed by atoms with Gasteiger partial charge in [-0.15, -0.1) is 0 Å². The van der Waals surface area contributed by atoms with Gasteiger partial charge in [0.05, 0.1) is 5.75 Å². The van der Waals surface area contributed by atoms with Crippen molar-refractivity contribution >= 4 is 15.7 Å². The molecule has 1 aromatic carbocycles. The first-order valence-electron chi connectivity index (χ1n) is 6.94. The maximum Gasteiger partial charge on any atom is 0.210 e. The minimum atomic E-state index is -3.41. The third-order valence-corrected chi connectivity index (χ3v) is 4.66. The minimum absolute atomic E-state index is 0.00931. The summed E-state index contributed by atoms with van der Waals surface area (Å²) in [6.45, 7) is 4.30. The van der Waals surface area contributed by atoms with Crippen molar-refractivity contribution < 1.29 is 8.42 Å². The molecule has 1 aliphatic heterocycles. The van der Waals surface area contributed by atoms with Crippen LogP contribution < -0.4 is 10.0 Å². The normalized spacial score (nSPS) is 20.6. The Labute approximate surface area is 121 Å². The first-order valence-corrected chi connectivity index (χ1v) is 8.66. The van der Waals surface area contributed by atoms with Gasteiger partial charge < -0.3 is 4.90 Å². The minimum Gasteiger partial charge on any atom is -0.373 e. The molecular formula is C14H23N3O2S. The number of likely N-dealkylation sites (N-methyl/N-ethyl adjacent to an activating group) is 1. The number of hydrogen-bond acceptors (Lipinski definition) is 4. The van der Waals surface area contributed by atoms with Crippen molar-refractivity contribution in [2.75, 3.05) is 30.8 Å². The second kappa shape index (κ2) is 6.11. The van der Waals surface area contributed by atoms with E-state index in [-0.39, 0.29) is 5.75 Å². The Bertz CT molecular complexity index is 559. The highest BCUT2D eigenvalue weighted by Gasteiger charge is 2.25. The largest absolute Gasteiger partial charge is 0.373 e. The molecule has 1 aliphatic rings. The lowest BCUT2D eigenvalue weighted by Gasteiger charge is -2.30. The van der Waals surface area contributed by atoms with Gasteiger partial charge in [-0.3, -0.25) is 4.90 Å². The van der Waals surface area contributed by atoms with Gasteiger partial charge in [0.2, 0.25) is 10.0 Å². The highest BCUT2D eigenvalue weighted by molar-refractivity contribution is 7.89. The first kappa shape index (κ1) is 15.3. The van der Waals surface area contributed by atoms with Crippen molar-refractivity contribution in [3.8, 4) is 0 Å². The van der Waals surface area contributed by atoms with Gasteiger partial charge in [-0.1, -0.05) is 25.1 Å². The van der Waals surface area contributed by atoms with Crippen LogP contribution in [0.3, 0.4) is 0 Å². The lowest BCUT2D eigenvalue weighted by molar-refractivity contribution is 0.202. The van der Waals surface area contributed by atoms with Crippen LogP contribution in [-0.4, -0.2) is 45.2 Å². The van der Waals surface area contributed by atoms with Crippen LogP contribution in [0.15, 0.2) is 24.3 Å². The molecule has 2 N–H and O–H groups in total. The molecule has 1 heterocycles. The Morgan fingerprint density at radius 2 is 2.05 bits per heavy atom.